The first-order valence-electron chi connectivity index (χ1n) is 6.17. The van der Waals surface area contributed by atoms with Gasteiger partial charge in [-0.3, -0.25) is 0 Å². The van der Waals surface area contributed by atoms with Crippen LogP contribution in [0.15, 0.2) is 16.6 Å². The predicted molar refractivity (Wildman–Crippen MR) is 74.1 cm³/mol. The Morgan fingerprint density at radius 1 is 1.19 bits per heavy atom. The Morgan fingerprint density at radius 3 is 2.31 bits per heavy atom. The normalized spacial score (nSPS) is 16.7. The van der Waals surface area contributed by atoms with Crippen LogP contribution in [0.25, 0.3) is 0 Å². The summed E-state index contributed by atoms with van der Waals surface area (Å²) in [5, 5.41) is 3.63. The molecule has 2 rings (SSSR count). The second kappa shape index (κ2) is 5.22. The van der Waals surface area contributed by atoms with Gasteiger partial charge in [0.25, 0.3) is 0 Å². The van der Waals surface area contributed by atoms with Gasteiger partial charge in [0.2, 0.25) is 0 Å². The van der Waals surface area contributed by atoms with Crippen molar-refractivity contribution in [1.29, 1.82) is 0 Å². The first kappa shape index (κ1) is 12.0. The molecule has 1 N–H and O–H groups in total. The Morgan fingerprint density at radius 2 is 1.75 bits per heavy atom. The molecule has 1 fully saturated rings. The predicted octanol–water partition coefficient (Wildman–Crippen LogP) is 4.67. The minimum atomic E-state index is 0.891. The quantitative estimate of drug-likeness (QED) is 0.849. The molecule has 0 aromatic heterocycles. The number of rotatable bonds is 3. The van der Waals surface area contributed by atoms with Crippen LogP contribution in [-0.4, -0.2) is 6.54 Å². The van der Waals surface area contributed by atoms with E-state index in [1.54, 1.807) is 0 Å². The Hall–Kier alpha value is -0.500. The maximum atomic E-state index is 3.63. The minimum Gasteiger partial charge on any atom is -0.384 e. The summed E-state index contributed by atoms with van der Waals surface area (Å²) in [5.41, 5.74) is 4.00. The van der Waals surface area contributed by atoms with E-state index >= 15 is 0 Å². The second-order valence-electron chi connectivity index (χ2n) is 4.95. The smallest absolute Gasteiger partial charge is 0.0400 e. The lowest BCUT2D eigenvalue weighted by Gasteiger charge is -2.16. The Balaban J connectivity index is 2.03. The van der Waals surface area contributed by atoms with Gasteiger partial charge in [-0.15, -0.1) is 0 Å². The van der Waals surface area contributed by atoms with Crippen LogP contribution in [0.3, 0.4) is 0 Å². The van der Waals surface area contributed by atoms with Gasteiger partial charge in [0.15, 0.2) is 0 Å². The lowest BCUT2D eigenvalue weighted by atomic mass is 10.1. The third kappa shape index (κ3) is 2.79. The van der Waals surface area contributed by atoms with Crippen LogP contribution < -0.4 is 5.32 Å². The summed E-state index contributed by atoms with van der Waals surface area (Å²) in [4.78, 5) is 0. The fraction of sp³-hybridized carbons (Fsp3) is 0.571. The van der Waals surface area contributed by atoms with Crippen molar-refractivity contribution in [2.45, 2.75) is 39.5 Å². The van der Waals surface area contributed by atoms with Crippen LogP contribution in [0.2, 0.25) is 0 Å². The molecule has 0 radical (unpaired) electrons. The topological polar surface area (TPSA) is 12.0 Å². The standard InChI is InChI=1S/C14H20BrN/c1-10-7-13(15)8-11(2)14(10)16-9-12-5-3-4-6-12/h7-8,12,16H,3-6,9H2,1-2H3. The molecule has 0 saturated heterocycles. The first-order chi connectivity index (χ1) is 7.66. The number of anilines is 1. The fourth-order valence-electron chi connectivity index (χ4n) is 2.65. The molecule has 1 aliphatic rings. The van der Waals surface area contributed by atoms with Gasteiger partial charge >= 0.3 is 0 Å². The molecule has 0 heterocycles. The largest absolute Gasteiger partial charge is 0.384 e. The summed E-state index contributed by atoms with van der Waals surface area (Å²) in [6.07, 6.45) is 5.65. The highest BCUT2D eigenvalue weighted by Crippen LogP contribution is 2.28. The van der Waals surface area contributed by atoms with Crippen molar-refractivity contribution in [2.24, 2.45) is 5.92 Å². The summed E-state index contributed by atoms with van der Waals surface area (Å²) in [5.74, 6) is 0.891. The van der Waals surface area contributed by atoms with Gasteiger partial charge in [0.1, 0.15) is 0 Å². The molecule has 16 heavy (non-hydrogen) atoms. The van der Waals surface area contributed by atoms with Crippen LogP contribution in [0, 0.1) is 19.8 Å². The number of aryl methyl sites for hydroxylation is 2. The zero-order chi connectivity index (χ0) is 11.5. The van der Waals surface area contributed by atoms with Crippen molar-refractivity contribution < 1.29 is 0 Å². The third-order valence-electron chi connectivity index (χ3n) is 3.54. The number of halogens is 1. The van der Waals surface area contributed by atoms with E-state index in [4.69, 9.17) is 0 Å². The van der Waals surface area contributed by atoms with E-state index in [-0.39, 0.29) is 0 Å². The Bertz CT molecular complexity index is 344. The molecule has 2 heteroatoms. The fourth-order valence-corrected chi connectivity index (χ4v) is 3.34. The average Bonchev–Trinajstić information content (AvgIpc) is 2.68. The van der Waals surface area contributed by atoms with Crippen molar-refractivity contribution in [3.8, 4) is 0 Å². The summed E-state index contributed by atoms with van der Waals surface area (Å²) in [6.45, 7) is 5.49. The molecule has 0 bridgehead atoms. The molecule has 1 saturated carbocycles. The van der Waals surface area contributed by atoms with Crippen molar-refractivity contribution in [1.82, 2.24) is 0 Å². The highest BCUT2D eigenvalue weighted by molar-refractivity contribution is 9.10. The molecule has 1 aromatic rings. The van der Waals surface area contributed by atoms with Crippen LogP contribution in [-0.2, 0) is 0 Å². The average molecular weight is 282 g/mol. The van der Waals surface area contributed by atoms with Gasteiger partial charge in [-0.2, -0.15) is 0 Å². The van der Waals surface area contributed by atoms with E-state index in [1.165, 1.54) is 47.0 Å². The van der Waals surface area contributed by atoms with Gasteiger partial charge in [-0.1, -0.05) is 28.8 Å². The summed E-state index contributed by atoms with van der Waals surface area (Å²) < 4.78 is 1.17. The molecule has 0 unspecified atom stereocenters. The number of hydrogen-bond donors (Lipinski definition) is 1. The SMILES string of the molecule is Cc1cc(Br)cc(C)c1NCC1CCCC1. The maximum Gasteiger partial charge on any atom is 0.0400 e. The monoisotopic (exact) mass is 281 g/mol. The lowest BCUT2D eigenvalue weighted by Crippen LogP contribution is -2.12. The van der Waals surface area contributed by atoms with E-state index in [2.05, 4.69) is 47.2 Å². The molecule has 0 spiro atoms. The molecule has 1 aromatic carbocycles. The summed E-state index contributed by atoms with van der Waals surface area (Å²) >= 11 is 3.54. The van der Waals surface area contributed by atoms with Crippen LogP contribution in [0.1, 0.15) is 36.8 Å². The van der Waals surface area contributed by atoms with Crippen molar-refractivity contribution in [3.05, 3.63) is 27.7 Å². The summed E-state index contributed by atoms with van der Waals surface area (Å²) in [6, 6.07) is 4.37. The molecule has 88 valence electrons. The van der Waals surface area contributed by atoms with E-state index < -0.39 is 0 Å². The summed E-state index contributed by atoms with van der Waals surface area (Å²) in [7, 11) is 0. The number of nitrogens with one attached hydrogen (secondary N) is 1. The molecule has 1 aliphatic carbocycles. The molecular weight excluding hydrogens is 262 g/mol. The van der Waals surface area contributed by atoms with Gasteiger partial charge in [-0.05, 0) is 55.9 Å². The number of hydrogen-bond acceptors (Lipinski definition) is 1. The zero-order valence-electron chi connectivity index (χ0n) is 10.1. The molecule has 0 amide bonds. The van der Waals surface area contributed by atoms with Crippen molar-refractivity contribution in [3.63, 3.8) is 0 Å². The lowest BCUT2D eigenvalue weighted by molar-refractivity contribution is 0.579. The zero-order valence-corrected chi connectivity index (χ0v) is 11.7. The Labute approximate surface area is 107 Å². The van der Waals surface area contributed by atoms with Gasteiger partial charge in [-0.25, -0.2) is 0 Å². The van der Waals surface area contributed by atoms with Gasteiger partial charge in [0.05, 0.1) is 0 Å². The first-order valence-corrected chi connectivity index (χ1v) is 6.96. The molecular formula is C14H20BrN. The molecule has 0 atom stereocenters. The van der Waals surface area contributed by atoms with Gasteiger partial charge in [0, 0.05) is 16.7 Å². The number of benzene rings is 1. The molecule has 0 aliphatic heterocycles. The molecule has 1 nitrogen and oxygen atoms in total. The Kier molecular flexibility index (Phi) is 3.91. The van der Waals surface area contributed by atoms with Crippen LogP contribution in [0.4, 0.5) is 5.69 Å². The maximum absolute atomic E-state index is 3.63. The van der Waals surface area contributed by atoms with E-state index in [9.17, 15) is 0 Å². The highest BCUT2D eigenvalue weighted by atomic mass is 79.9. The van der Waals surface area contributed by atoms with Crippen LogP contribution in [0.5, 0.6) is 0 Å². The van der Waals surface area contributed by atoms with E-state index in [1.807, 2.05) is 0 Å². The van der Waals surface area contributed by atoms with Gasteiger partial charge < -0.3 is 5.32 Å². The van der Waals surface area contributed by atoms with E-state index in [0.717, 1.165) is 12.5 Å². The van der Waals surface area contributed by atoms with E-state index in [0.29, 0.717) is 0 Å². The van der Waals surface area contributed by atoms with Crippen molar-refractivity contribution in [2.75, 3.05) is 11.9 Å². The van der Waals surface area contributed by atoms with Crippen LogP contribution >= 0.6 is 15.9 Å². The highest BCUT2D eigenvalue weighted by Gasteiger charge is 2.15. The second-order valence-corrected chi connectivity index (χ2v) is 5.86. The minimum absolute atomic E-state index is 0.891. The van der Waals surface area contributed by atoms with Crippen molar-refractivity contribution >= 4 is 21.6 Å². The third-order valence-corrected chi connectivity index (χ3v) is 4.00.